The fraction of sp³-hybridized carbons (Fsp3) is 0.933. The Balaban J connectivity index is 4.13. The Kier molecular flexibility index (Phi) is 10.2. The van der Waals surface area contributed by atoms with Gasteiger partial charge in [0.1, 0.15) is 5.25 Å². The number of carbonyl (C=O) groups excluding carboxylic acids is 1. The molecule has 0 aromatic rings. The van der Waals surface area contributed by atoms with E-state index >= 15 is 0 Å². The largest absolute Gasteiger partial charge is 0.465 e. The van der Waals surface area contributed by atoms with Gasteiger partial charge in [0, 0.05) is 12.8 Å². The molecule has 0 saturated carbocycles. The molecule has 20 heavy (non-hydrogen) atoms. The molecule has 5 heteroatoms. The van der Waals surface area contributed by atoms with Crippen molar-refractivity contribution < 1.29 is 18.3 Å². The summed E-state index contributed by atoms with van der Waals surface area (Å²) in [7, 11) is 0. The van der Waals surface area contributed by atoms with Crippen molar-refractivity contribution in [2.24, 2.45) is 5.92 Å². The molecule has 0 rings (SSSR count). The average molecular weight is 310 g/mol. The van der Waals surface area contributed by atoms with Gasteiger partial charge in [0.25, 0.3) is 0 Å². The Morgan fingerprint density at radius 1 is 1.30 bits per heavy atom. The van der Waals surface area contributed by atoms with Crippen LogP contribution in [0.25, 0.3) is 0 Å². The standard InChI is InChI=1S/C15H28F2O2S/c1-5-9-19-14(18)13(11-12(3)4)20-10-7-8-15(16,17)6-2/h12-13H,5-11H2,1-4H3. The molecule has 0 radical (unpaired) electrons. The molecule has 0 amide bonds. The van der Waals surface area contributed by atoms with E-state index in [4.69, 9.17) is 4.74 Å². The van der Waals surface area contributed by atoms with Crippen LogP contribution in [-0.4, -0.2) is 29.5 Å². The molecule has 0 aliphatic rings. The van der Waals surface area contributed by atoms with Crippen molar-refractivity contribution in [2.75, 3.05) is 12.4 Å². The van der Waals surface area contributed by atoms with E-state index in [9.17, 15) is 13.6 Å². The van der Waals surface area contributed by atoms with Gasteiger partial charge in [-0.25, -0.2) is 8.78 Å². The number of hydrogen-bond donors (Lipinski definition) is 0. The topological polar surface area (TPSA) is 26.3 Å². The lowest BCUT2D eigenvalue weighted by Crippen LogP contribution is -2.23. The normalized spacial score (nSPS) is 13.6. The van der Waals surface area contributed by atoms with Crippen LogP contribution in [0.2, 0.25) is 0 Å². The first-order valence-electron chi connectivity index (χ1n) is 7.48. The van der Waals surface area contributed by atoms with Crippen molar-refractivity contribution in [3.8, 4) is 0 Å². The van der Waals surface area contributed by atoms with Crippen LogP contribution in [0, 0.1) is 5.92 Å². The summed E-state index contributed by atoms with van der Waals surface area (Å²) in [6, 6.07) is 0. The highest BCUT2D eigenvalue weighted by Crippen LogP contribution is 2.27. The molecule has 0 aromatic carbocycles. The smallest absolute Gasteiger partial charge is 0.319 e. The van der Waals surface area contributed by atoms with Crippen LogP contribution in [0.5, 0.6) is 0 Å². The number of rotatable bonds is 11. The molecule has 0 fully saturated rings. The molecular weight excluding hydrogens is 282 g/mol. The van der Waals surface area contributed by atoms with Crippen molar-refractivity contribution in [3.63, 3.8) is 0 Å². The van der Waals surface area contributed by atoms with Gasteiger partial charge in [-0.1, -0.05) is 27.7 Å². The predicted molar refractivity (Wildman–Crippen MR) is 81.4 cm³/mol. The highest BCUT2D eigenvalue weighted by Gasteiger charge is 2.26. The molecule has 2 nitrogen and oxygen atoms in total. The van der Waals surface area contributed by atoms with Gasteiger partial charge in [0.2, 0.25) is 5.92 Å². The molecule has 1 unspecified atom stereocenters. The van der Waals surface area contributed by atoms with E-state index in [1.54, 1.807) is 0 Å². The second-order valence-corrected chi connectivity index (χ2v) is 6.78. The van der Waals surface area contributed by atoms with Crippen LogP contribution in [0.4, 0.5) is 8.78 Å². The van der Waals surface area contributed by atoms with E-state index in [0.29, 0.717) is 24.7 Å². The minimum atomic E-state index is -2.57. The van der Waals surface area contributed by atoms with Gasteiger partial charge in [-0.05, 0) is 30.9 Å². The number of esters is 1. The van der Waals surface area contributed by atoms with E-state index in [-0.39, 0.29) is 24.1 Å². The van der Waals surface area contributed by atoms with Gasteiger partial charge >= 0.3 is 5.97 Å². The summed E-state index contributed by atoms with van der Waals surface area (Å²) >= 11 is 1.45. The summed E-state index contributed by atoms with van der Waals surface area (Å²) in [4.78, 5) is 11.9. The first kappa shape index (κ1) is 19.7. The minimum absolute atomic E-state index is 0.102. The molecule has 0 bridgehead atoms. The lowest BCUT2D eigenvalue weighted by molar-refractivity contribution is -0.143. The number of alkyl halides is 2. The summed E-state index contributed by atoms with van der Waals surface area (Å²) in [5.74, 6) is -1.81. The van der Waals surface area contributed by atoms with Gasteiger partial charge in [-0.15, -0.1) is 11.8 Å². The highest BCUT2D eigenvalue weighted by atomic mass is 32.2. The Labute approximate surface area is 126 Å². The van der Waals surface area contributed by atoms with E-state index in [2.05, 4.69) is 0 Å². The Bertz CT molecular complexity index is 271. The third kappa shape index (κ3) is 9.56. The lowest BCUT2D eigenvalue weighted by Gasteiger charge is -2.18. The van der Waals surface area contributed by atoms with E-state index in [1.165, 1.54) is 18.7 Å². The summed E-state index contributed by atoms with van der Waals surface area (Å²) in [6.45, 7) is 7.97. The van der Waals surface area contributed by atoms with Gasteiger partial charge in [-0.2, -0.15) is 0 Å². The summed E-state index contributed by atoms with van der Waals surface area (Å²) in [5, 5.41) is -0.225. The average Bonchev–Trinajstić information content (AvgIpc) is 2.39. The highest BCUT2D eigenvalue weighted by molar-refractivity contribution is 8.00. The molecule has 0 aromatic heterocycles. The lowest BCUT2D eigenvalue weighted by atomic mass is 10.1. The summed E-state index contributed by atoms with van der Waals surface area (Å²) in [5.41, 5.74) is 0. The number of ether oxygens (including phenoxy) is 1. The van der Waals surface area contributed by atoms with Crippen molar-refractivity contribution in [2.45, 2.75) is 71.0 Å². The van der Waals surface area contributed by atoms with E-state index in [0.717, 1.165) is 12.8 Å². The zero-order valence-corrected chi connectivity index (χ0v) is 13.9. The Hall–Kier alpha value is -0.320. The molecule has 0 spiro atoms. The van der Waals surface area contributed by atoms with Crippen molar-refractivity contribution in [3.05, 3.63) is 0 Å². The van der Waals surface area contributed by atoms with Crippen molar-refractivity contribution in [1.82, 2.24) is 0 Å². The van der Waals surface area contributed by atoms with Gasteiger partial charge in [0.05, 0.1) is 6.61 Å². The van der Waals surface area contributed by atoms with E-state index < -0.39 is 5.92 Å². The second kappa shape index (κ2) is 10.4. The molecule has 120 valence electrons. The van der Waals surface area contributed by atoms with Crippen molar-refractivity contribution in [1.29, 1.82) is 0 Å². The SMILES string of the molecule is CCCOC(=O)C(CC(C)C)SCCCC(F)(F)CC. The maximum absolute atomic E-state index is 13.1. The van der Waals surface area contributed by atoms with Crippen LogP contribution in [0.1, 0.15) is 59.8 Å². The summed E-state index contributed by atoms with van der Waals surface area (Å²) in [6.07, 6.45) is 1.74. The number of hydrogen-bond acceptors (Lipinski definition) is 3. The molecular formula is C15H28F2O2S. The van der Waals surface area contributed by atoms with Gasteiger partial charge < -0.3 is 4.74 Å². The van der Waals surface area contributed by atoms with Crippen LogP contribution in [-0.2, 0) is 9.53 Å². The first-order valence-corrected chi connectivity index (χ1v) is 8.53. The number of halogens is 2. The Morgan fingerprint density at radius 2 is 1.95 bits per heavy atom. The maximum atomic E-state index is 13.1. The molecule has 0 aliphatic carbocycles. The second-order valence-electron chi connectivity index (χ2n) is 5.47. The molecule has 1 atom stereocenters. The van der Waals surface area contributed by atoms with Crippen LogP contribution < -0.4 is 0 Å². The molecule has 0 aliphatic heterocycles. The zero-order chi connectivity index (χ0) is 15.6. The fourth-order valence-electron chi connectivity index (χ4n) is 1.69. The van der Waals surface area contributed by atoms with Crippen LogP contribution in [0.3, 0.4) is 0 Å². The van der Waals surface area contributed by atoms with Gasteiger partial charge in [0.15, 0.2) is 0 Å². The van der Waals surface area contributed by atoms with Crippen LogP contribution in [0.15, 0.2) is 0 Å². The van der Waals surface area contributed by atoms with Gasteiger partial charge in [-0.3, -0.25) is 4.79 Å². The third-order valence-corrected chi connectivity index (χ3v) is 4.23. The quantitative estimate of drug-likeness (QED) is 0.400. The fourth-order valence-corrected chi connectivity index (χ4v) is 3.01. The predicted octanol–water partition coefficient (Wildman–Crippen LogP) is 4.91. The zero-order valence-electron chi connectivity index (χ0n) is 13.1. The first-order chi connectivity index (χ1) is 9.32. The third-order valence-electron chi connectivity index (χ3n) is 2.92. The molecule has 0 N–H and O–H groups in total. The minimum Gasteiger partial charge on any atom is -0.465 e. The molecule has 0 saturated heterocycles. The van der Waals surface area contributed by atoms with Crippen molar-refractivity contribution >= 4 is 17.7 Å². The summed E-state index contributed by atoms with van der Waals surface area (Å²) < 4.78 is 31.4. The number of thioether (sulfide) groups is 1. The Morgan fingerprint density at radius 3 is 2.45 bits per heavy atom. The van der Waals surface area contributed by atoms with Crippen LogP contribution >= 0.6 is 11.8 Å². The van der Waals surface area contributed by atoms with E-state index in [1.807, 2.05) is 20.8 Å². The monoisotopic (exact) mass is 310 g/mol. The molecule has 0 heterocycles. The number of carbonyl (C=O) groups is 1. The maximum Gasteiger partial charge on any atom is 0.319 e.